The summed E-state index contributed by atoms with van der Waals surface area (Å²) in [5.74, 6) is 0.658. The molecule has 0 saturated heterocycles. The second kappa shape index (κ2) is 8.85. The van der Waals surface area contributed by atoms with Gasteiger partial charge in [0.2, 0.25) is 11.8 Å². The Morgan fingerprint density at radius 1 is 1.22 bits per heavy atom. The quantitative estimate of drug-likeness (QED) is 0.473. The summed E-state index contributed by atoms with van der Waals surface area (Å²) in [7, 11) is 0. The summed E-state index contributed by atoms with van der Waals surface area (Å²) in [6.45, 7) is 7.41. The van der Waals surface area contributed by atoms with Gasteiger partial charge in [0, 0.05) is 24.3 Å². The molecular weight excluding hydrogens is 362 g/mol. The third-order valence-electron chi connectivity index (χ3n) is 3.97. The molecule has 0 unspecified atom stereocenters. The van der Waals surface area contributed by atoms with E-state index in [4.69, 9.17) is 4.42 Å². The number of benzene rings is 1. The molecule has 27 heavy (non-hydrogen) atoms. The van der Waals surface area contributed by atoms with Crippen molar-refractivity contribution >= 4 is 17.7 Å². The van der Waals surface area contributed by atoms with Crippen molar-refractivity contribution in [2.45, 2.75) is 39.0 Å². The topological polar surface area (TPSA) is 85.8 Å². The second-order valence-corrected chi connectivity index (χ2v) is 7.31. The number of aromatic nitrogens is 4. The van der Waals surface area contributed by atoms with E-state index in [9.17, 15) is 4.79 Å². The van der Waals surface area contributed by atoms with Gasteiger partial charge in [-0.2, -0.15) is 5.10 Å². The van der Waals surface area contributed by atoms with E-state index in [2.05, 4.69) is 20.6 Å². The van der Waals surface area contributed by atoms with Crippen molar-refractivity contribution < 1.29 is 9.21 Å². The van der Waals surface area contributed by atoms with Crippen molar-refractivity contribution in [3.8, 4) is 11.5 Å². The minimum absolute atomic E-state index is 0.0522. The van der Waals surface area contributed by atoms with E-state index in [-0.39, 0.29) is 11.7 Å². The molecular formula is C19H23N5O2S. The van der Waals surface area contributed by atoms with E-state index in [1.807, 2.05) is 55.8 Å². The van der Waals surface area contributed by atoms with Gasteiger partial charge in [-0.15, -0.1) is 10.2 Å². The maximum Gasteiger partial charge on any atom is 0.277 e. The molecule has 1 amide bonds. The zero-order chi connectivity index (χ0) is 19.2. The van der Waals surface area contributed by atoms with Gasteiger partial charge in [-0.1, -0.05) is 29.5 Å². The Kier molecular flexibility index (Phi) is 6.28. The predicted octanol–water partition coefficient (Wildman–Crippen LogP) is 3.16. The van der Waals surface area contributed by atoms with Gasteiger partial charge >= 0.3 is 0 Å². The molecule has 142 valence electrons. The number of rotatable bonds is 8. The van der Waals surface area contributed by atoms with Crippen LogP contribution in [-0.4, -0.2) is 38.2 Å². The van der Waals surface area contributed by atoms with Gasteiger partial charge in [0.05, 0.1) is 11.4 Å². The summed E-state index contributed by atoms with van der Waals surface area (Å²) in [5.41, 5.74) is 4.15. The van der Waals surface area contributed by atoms with Crippen LogP contribution < -0.4 is 5.32 Å². The first-order chi connectivity index (χ1) is 13.0. The normalized spacial score (nSPS) is 10.9. The Morgan fingerprint density at radius 2 is 2.07 bits per heavy atom. The maximum absolute atomic E-state index is 12.0. The molecule has 2 heterocycles. The van der Waals surface area contributed by atoms with Crippen molar-refractivity contribution in [3.63, 3.8) is 0 Å². The standard InChI is InChI=1S/C19H23N5O2S/c1-13-6-4-7-16(10-13)18-21-22-19(26-18)27-12-17(25)20-8-5-9-24-15(3)11-14(2)23-24/h4,6-7,10-11H,5,8-9,12H2,1-3H3,(H,20,25). The molecule has 0 aliphatic carbocycles. The highest BCUT2D eigenvalue weighted by Crippen LogP contribution is 2.23. The van der Waals surface area contributed by atoms with Crippen molar-refractivity contribution in [3.05, 3.63) is 47.3 Å². The fourth-order valence-electron chi connectivity index (χ4n) is 2.70. The molecule has 2 aromatic heterocycles. The number of thioether (sulfide) groups is 1. The fourth-order valence-corrected chi connectivity index (χ4v) is 3.29. The largest absolute Gasteiger partial charge is 0.411 e. The number of nitrogens with zero attached hydrogens (tertiary/aromatic N) is 4. The predicted molar refractivity (Wildman–Crippen MR) is 105 cm³/mol. The van der Waals surface area contributed by atoms with Gasteiger partial charge in [-0.3, -0.25) is 9.48 Å². The number of hydrogen-bond acceptors (Lipinski definition) is 6. The zero-order valence-electron chi connectivity index (χ0n) is 15.7. The Morgan fingerprint density at radius 3 is 2.81 bits per heavy atom. The summed E-state index contributed by atoms with van der Waals surface area (Å²) >= 11 is 1.24. The third kappa shape index (κ3) is 5.43. The van der Waals surface area contributed by atoms with Crippen molar-refractivity contribution in [2.75, 3.05) is 12.3 Å². The molecule has 3 aromatic rings. The zero-order valence-corrected chi connectivity index (χ0v) is 16.5. The number of carbonyl (C=O) groups excluding carboxylic acids is 1. The van der Waals surface area contributed by atoms with Crippen LogP contribution in [0, 0.1) is 20.8 Å². The maximum atomic E-state index is 12.0. The van der Waals surface area contributed by atoms with E-state index >= 15 is 0 Å². The Bertz CT molecular complexity index is 918. The van der Waals surface area contributed by atoms with Crippen LogP contribution in [0.4, 0.5) is 0 Å². The summed E-state index contributed by atoms with van der Waals surface area (Å²) in [4.78, 5) is 12.0. The Labute approximate surface area is 162 Å². The van der Waals surface area contributed by atoms with Gasteiger partial charge < -0.3 is 9.73 Å². The highest BCUT2D eigenvalue weighted by Gasteiger charge is 2.11. The van der Waals surface area contributed by atoms with Crippen molar-refractivity contribution in [1.29, 1.82) is 0 Å². The van der Waals surface area contributed by atoms with Gasteiger partial charge in [0.25, 0.3) is 5.22 Å². The third-order valence-corrected chi connectivity index (χ3v) is 4.79. The highest BCUT2D eigenvalue weighted by molar-refractivity contribution is 7.99. The number of aryl methyl sites for hydroxylation is 4. The second-order valence-electron chi connectivity index (χ2n) is 6.39. The summed E-state index contributed by atoms with van der Waals surface area (Å²) in [5, 5.41) is 15.7. The number of hydrogen-bond donors (Lipinski definition) is 1. The smallest absolute Gasteiger partial charge is 0.277 e. The summed E-state index contributed by atoms with van der Waals surface area (Å²) in [6.07, 6.45) is 0.830. The SMILES string of the molecule is Cc1cccc(-c2nnc(SCC(=O)NCCCn3nc(C)cc3C)o2)c1. The minimum Gasteiger partial charge on any atom is -0.411 e. The fraction of sp³-hybridized carbons (Fsp3) is 0.368. The van der Waals surface area contributed by atoms with E-state index in [0.29, 0.717) is 17.7 Å². The van der Waals surface area contributed by atoms with Crippen molar-refractivity contribution in [1.82, 2.24) is 25.3 Å². The Hall–Kier alpha value is -2.61. The lowest BCUT2D eigenvalue weighted by Gasteiger charge is -2.06. The highest BCUT2D eigenvalue weighted by atomic mass is 32.2. The molecule has 0 bridgehead atoms. The molecule has 0 radical (unpaired) electrons. The summed E-state index contributed by atoms with van der Waals surface area (Å²) in [6, 6.07) is 9.91. The van der Waals surface area contributed by atoms with Crippen LogP contribution in [-0.2, 0) is 11.3 Å². The molecule has 0 saturated carbocycles. The van der Waals surface area contributed by atoms with E-state index in [0.717, 1.165) is 35.5 Å². The van der Waals surface area contributed by atoms with Crippen LogP contribution in [0.1, 0.15) is 23.4 Å². The minimum atomic E-state index is -0.0522. The molecule has 3 rings (SSSR count). The molecule has 1 N–H and O–H groups in total. The summed E-state index contributed by atoms with van der Waals surface area (Å²) < 4.78 is 7.58. The first-order valence-corrected chi connectivity index (χ1v) is 9.81. The molecule has 1 aromatic carbocycles. The van der Waals surface area contributed by atoms with Crippen LogP contribution in [0.5, 0.6) is 0 Å². The average molecular weight is 385 g/mol. The van der Waals surface area contributed by atoms with E-state index in [1.54, 1.807) is 0 Å². The molecule has 0 spiro atoms. The molecule has 0 aliphatic heterocycles. The van der Waals surface area contributed by atoms with Crippen LogP contribution in [0.15, 0.2) is 40.0 Å². The molecule has 0 aliphatic rings. The number of amides is 1. The Balaban J connectivity index is 1.40. The average Bonchev–Trinajstić information content (AvgIpc) is 3.23. The lowest BCUT2D eigenvalue weighted by molar-refractivity contribution is -0.118. The lowest BCUT2D eigenvalue weighted by atomic mass is 10.1. The first kappa shape index (κ1) is 19.2. The van der Waals surface area contributed by atoms with E-state index in [1.165, 1.54) is 11.8 Å². The molecule has 8 heteroatoms. The van der Waals surface area contributed by atoms with Gasteiger partial charge in [-0.25, -0.2) is 0 Å². The van der Waals surface area contributed by atoms with Gasteiger partial charge in [-0.05, 0) is 45.4 Å². The monoisotopic (exact) mass is 385 g/mol. The number of nitrogens with one attached hydrogen (secondary N) is 1. The van der Waals surface area contributed by atoms with Crippen LogP contribution in [0.2, 0.25) is 0 Å². The first-order valence-electron chi connectivity index (χ1n) is 8.82. The van der Waals surface area contributed by atoms with Gasteiger partial charge in [0.15, 0.2) is 0 Å². The van der Waals surface area contributed by atoms with Crippen LogP contribution in [0.3, 0.4) is 0 Å². The molecule has 0 fully saturated rings. The van der Waals surface area contributed by atoms with Crippen molar-refractivity contribution in [2.24, 2.45) is 0 Å². The number of carbonyl (C=O) groups is 1. The van der Waals surface area contributed by atoms with Gasteiger partial charge in [0.1, 0.15) is 0 Å². The lowest BCUT2D eigenvalue weighted by Crippen LogP contribution is -2.27. The van der Waals surface area contributed by atoms with Crippen LogP contribution in [0.25, 0.3) is 11.5 Å². The molecule has 7 nitrogen and oxygen atoms in total. The van der Waals surface area contributed by atoms with E-state index < -0.39 is 0 Å². The van der Waals surface area contributed by atoms with Crippen LogP contribution >= 0.6 is 11.8 Å². The molecule has 0 atom stereocenters.